The SMILES string of the molecule is CCOC(=O)C1=C(OS(=O)(=O)C(F)(F)F)CN(c2ncc(C(F)(F)F)cn2)CC1. The molecule has 0 unspecified atom stereocenters. The van der Waals surface area contributed by atoms with Gasteiger partial charge in [-0.2, -0.15) is 34.8 Å². The third kappa shape index (κ3) is 5.27. The number of aromatic nitrogens is 2. The zero-order valence-electron chi connectivity index (χ0n) is 14.5. The largest absolute Gasteiger partial charge is 0.534 e. The minimum Gasteiger partial charge on any atom is -0.463 e. The highest BCUT2D eigenvalue weighted by Gasteiger charge is 2.49. The fourth-order valence-electron chi connectivity index (χ4n) is 2.23. The molecule has 1 aromatic rings. The Morgan fingerprint density at radius 2 is 1.76 bits per heavy atom. The van der Waals surface area contributed by atoms with E-state index in [1.807, 2.05) is 0 Å². The summed E-state index contributed by atoms with van der Waals surface area (Å²) in [5, 5.41) is 0. The summed E-state index contributed by atoms with van der Waals surface area (Å²) >= 11 is 0. The van der Waals surface area contributed by atoms with E-state index < -0.39 is 51.2 Å². The summed E-state index contributed by atoms with van der Waals surface area (Å²) in [6.45, 7) is 0.469. The van der Waals surface area contributed by atoms with E-state index in [2.05, 4.69) is 18.9 Å². The third-order valence-electron chi connectivity index (χ3n) is 3.57. The van der Waals surface area contributed by atoms with Gasteiger partial charge in [0.25, 0.3) is 0 Å². The molecular weight excluding hydrogens is 436 g/mol. The van der Waals surface area contributed by atoms with Gasteiger partial charge >= 0.3 is 27.8 Å². The van der Waals surface area contributed by atoms with Crippen molar-refractivity contribution in [1.82, 2.24) is 9.97 Å². The lowest BCUT2D eigenvalue weighted by Crippen LogP contribution is -2.38. The van der Waals surface area contributed by atoms with Crippen LogP contribution in [0, 0.1) is 0 Å². The summed E-state index contributed by atoms with van der Waals surface area (Å²) in [7, 11) is -6.09. The molecule has 29 heavy (non-hydrogen) atoms. The molecule has 1 aromatic heterocycles. The lowest BCUT2D eigenvalue weighted by atomic mass is 10.1. The van der Waals surface area contributed by atoms with Crippen molar-refractivity contribution in [2.24, 2.45) is 0 Å². The fraction of sp³-hybridized carbons (Fsp3) is 0.500. The van der Waals surface area contributed by atoms with E-state index >= 15 is 0 Å². The molecule has 0 aromatic carbocycles. The number of carbonyl (C=O) groups is 1. The van der Waals surface area contributed by atoms with Crippen LogP contribution in [0.5, 0.6) is 0 Å². The Balaban J connectivity index is 2.35. The maximum atomic E-state index is 12.6. The fourth-order valence-corrected chi connectivity index (χ4v) is 2.74. The lowest BCUT2D eigenvalue weighted by molar-refractivity contribution is -0.139. The van der Waals surface area contributed by atoms with Gasteiger partial charge in [-0.25, -0.2) is 14.8 Å². The second kappa shape index (κ2) is 8.04. The predicted octanol–water partition coefficient (Wildman–Crippen LogP) is 2.39. The molecule has 1 aliphatic rings. The number of hydrogen-bond donors (Lipinski definition) is 0. The number of ether oxygens (including phenoxy) is 1. The predicted molar refractivity (Wildman–Crippen MR) is 83.6 cm³/mol. The van der Waals surface area contributed by atoms with Gasteiger partial charge in [0.15, 0.2) is 0 Å². The molecule has 2 heterocycles. The molecule has 0 amide bonds. The Hall–Kier alpha value is -2.58. The van der Waals surface area contributed by atoms with Crippen LogP contribution in [-0.4, -0.2) is 49.6 Å². The highest BCUT2D eigenvalue weighted by molar-refractivity contribution is 7.87. The van der Waals surface area contributed by atoms with Crippen molar-refractivity contribution >= 4 is 22.0 Å². The number of carbonyl (C=O) groups excluding carboxylic acids is 1. The molecule has 0 N–H and O–H groups in total. The number of nitrogens with zero attached hydrogens (tertiary/aromatic N) is 3. The van der Waals surface area contributed by atoms with Crippen molar-refractivity contribution in [3.8, 4) is 0 Å². The van der Waals surface area contributed by atoms with Crippen LogP contribution in [0.1, 0.15) is 18.9 Å². The zero-order chi connectivity index (χ0) is 22.0. The Kier molecular flexibility index (Phi) is 6.30. The number of esters is 1. The number of rotatable bonds is 5. The molecule has 0 aliphatic carbocycles. The first kappa shape index (κ1) is 22.7. The van der Waals surface area contributed by atoms with Crippen LogP contribution in [-0.2, 0) is 30.0 Å². The number of anilines is 1. The third-order valence-corrected chi connectivity index (χ3v) is 4.55. The number of halogens is 6. The second-order valence-corrected chi connectivity index (χ2v) is 7.08. The van der Waals surface area contributed by atoms with E-state index in [1.54, 1.807) is 0 Å². The van der Waals surface area contributed by atoms with E-state index in [4.69, 9.17) is 0 Å². The summed E-state index contributed by atoms with van der Waals surface area (Å²) in [5.41, 5.74) is -7.35. The van der Waals surface area contributed by atoms with Crippen LogP contribution in [0.3, 0.4) is 0 Å². The lowest BCUT2D eigenvalue weighted by Gasteiger charge is -2.29. The van der Waals surface area contributed by atoms with Gasteiger partial charge in [-0.05, 0) is 6.92 Å². The van der Waals surface area contributed by atoms with Crippen molar-refractivity contribution < 1.29 is 48.5 Å². The summed E-state index contributed by atoms with van der Waals surface area (Å²) < 4.78 is 107. The summed E-state index contributed by atoms with van der Waals surface area (Å²) in [4.78, 5) is 20.0. The van der Waals surface area contributed by atoms with Crippen molar-refractivity contribution in [3.63, 3.8) is 0 Å². The molecule has 0 atom stereocenters. The van der Waals surface area contributed by atoms with E-state index in [9.17, 15) is 39.6 Å². The maximum absolute atomic E-state index is 12.6. The van der Waals surface area contributed by atoms with Gasteiger partial charge in [0.05, 0.1) is 24.3 Å². The molecular formula is C14H13F6N3O5S. The van der Waals surface area contributed by atoms with Crippen LogP contribution in [0.25, 0.3) is 0 Å². The minimum absolute atomic E-state index is 0.113. The molecule has 1 aliphatic heterocycles. The highest BCUT2D eigenvalue weighted by atomic mass is 32.2. The van der Waals surface area contributed by atoms with Gasteiger partial charge in [-0.3, -0.25) is 0 Å². The van der Waals surface area contributed by atoms with E-state index in [0.717, 1.165) is 4.90 Å². The Morgan fingerprint density at radius 3 is 2.24 bits per heavy atom. The van der Waals surface area contributed by atoms with Crippen molar-refractivity contribution in [3.05, 3.63) is 29.3 Å². The number of hydrogen-bond acceptors (Lipinski definition) is 8. The average Bonchev–Trinajstić information content (AvgIpc) is 2.60. The maximum Gasteiger partial charge on any atom is 0.534 e. The van der Waals surface area contributed by atoms with Gasteiger partial charge < -0.3 is 13.8 Å². The molecule has 0 bridgehead atoms. The van der Waals surface area contributed by atoms with Gasteiger partial charge in [-0.15, -0.1) is 0 Å². The minimum atomic E-state index is -6.09. The van der Waals surface area contributed by atoms with Crippen LogP contribution in [0.15, 0.2) is 23.7 Å². The summed E-state index contributed by atoms with van der Waals surface area (Å²) in [6.07, 6.45) is -4.10. The van der Waals surface area contributed by atoms with Crippen LogP contribution in [0.2, 0.25) is 0 Å². The van der Waals surface area contributed by atoms with Crippen molar-refractivity contribution in [1.29, 1.82) is 0 Å². The van der Waals surface area contributed by atoms with E-state index in [-0.39, 0.29) is 25.5 Å². The van der Waals surface area contributed by atoms with E-state index in [0.29, 0.717) is 12.4 Å². The molecule has 0 saturated heterocycles. The van der Waals surface area contributed by atoms with Crippen LogP contribution >= 0.6 is 0 Å². The molecule has 2 rings (SSSR count). The first-order valence-corrected chi connectivity index (χ1v) is 9.21. The Morgan fingerprint density at radius 1 is 1.17 bits per heavy atom. The molecule has 15 heteroatoms. The van der Waals surface area contributed by atoms with Crippen molar-refractivity contribution in [2.75, 3.05) is 24.6 Å². The van der Waals surface area contributed by atoms with Gasteiger partial charge in [0.2, 0.25) is 5.95 Å². The first-order chi connectivity index (χ1) is 13.3. The Bertz CT molecular complexity index is 896. The monoisotopic (exact) mass is 449 g/mol. The van der Waals surface area contributed by atoms with Crippen LogP contribution in [0.4, 0.5) is 32.3 Å². The molecule has 8 nitrogen and oxygen atoms in total. The molecule has 0 saturated carbocycles. The first-order valence-electron chi connectivity index (χ1n) is 7.80. The smallest absolute Gasteiger partial charge is 0.463 e. The highest BCUT2D eigenvalue weighted by Crippen LogP contribution is 2.32. The quantitative estimate of drug-likeness (QED) is 0.293. The Labute approximate surface area is 160 Å². The molecule has 0 fully saturated rings. The standard InChI is InChI=1S/C14H13F6N3O5S/c1-2-27-11(24)9-3-4-23(7-10(9)28-29(25,26)14(18,19)20)12-21-5-8(6-22-12)13(15,16)17/h5-6H,2-4,7H2,1H3. The van der Waals surface area contributed by atoms with Gasteiger partial charge in [0.1, 0.15) is 5.76 Å². The summed E-state index contributed by atoms with van der Waals surface area (Å²) in [5.74, 6) is -2.28. The normalized spacial score (nSPS) is 16.0. The molecule has 162 valence electrons. The average molecular weight is 449 g/mol. The van der Waals surface area contributed by atoms with Gasteiger partial charge in [0, 0.05) is 25.4 Å². The molecule has 0 radical (unpaired) electrons. The molecule has 0 spiro atoms. The van der Waals surface area contributed by atoms with Gasteiger partial charge in [-0.1, -0.05) is 0 Å². The second-order valence-electron chi connectivity index (χ2n) is 5.55. The van der Waals surface area contributed by atoms with Crippen LogP contribution < -0.4 is 4.90 Å². The van der Waals surface area contributed by atoms with E-state index in [1.165, 1.54) is 6.92 Å². The topological polar surface area (TPSA) is 98.7 Å². The number of alkyl halides is 6. The van der Waals surface area contributed by atoms with Crippen molar-refractivity contribution in [2.45, 2.75) is 25.0 Å². The summed E-state index contributed by atoms with van der Waals surface area (Å²) in [6, 6.07) is 0. The zero-order valence-corrected chi connectivity index (χ0v) is 15.4.